The fraction of sp³-hybridized carbons (Fsp3) is 0.625. The largest absolute Gasteiger partial charge is 0.487 e. The van der Waals surface area contributed by atoms with E-state index in [1.807, 2.05) is 18.2 Å². The summed E-state index contributed by atoms with van der Waals surface area (Å²) in [5.74, 6) is 0.951. The van der Waals surface area contributed by atoms with Crippen molar-refractivity contribution in [1.82, 2.24) is 0 Å². The molecule has 2 heteroatoms. The minimum atomic E-state index is -0.320. The molecule has 1 aliphatic heterocycles. The van der Waals surface area contributed by atoms with E-state index < -0.39 is 0 Å². The number of para-hydroxylation sites is 1. The van der Waals surface area contributed by atoms with Gasteiger partial charge in [-0.2, -0.15) is 0 Å². The number of rotatable bonds is 7. The van der Waals surface area contributed by atoms with Crippen molar-refractivity contribution in [1.29, 1.82) is 0 Å². The Kier molecular flexibility index (Phi) is 5.06. The third kappa shape index (κ3) is 3.49. The maximum Gasteiger partial charge on any atom is 0.129 e. The lowest BCUT2D eigenvalue weighted by molar-refractivity contribution is 0.0422. The minimum Gasteiger partial charge on any atom is -0.487 e. The van der Waals surface area contributed by atoms with Gasteiger partial charge in [0.25, 0.3) is 0 Å². The Bertz CT molecular complexity index is 337. The van der Waals surface area contributed by atoms with Crippen molar-refractivity contribution in [2.24, 2.45) is 0 Å². The summed E-state index contributed by atoms with van der Waals surface area (Å²) in [5.41, 5.74) is 1.23. The number of hydrogen-bond acceptors (Lipinski definition) is 2. The summed E-state index contributed by atoms with van der Waals surface area (Å²) in [6.45, 7) is 2.22. The Morgan fingerprint density at radius 2 is 2.00 bits per heavy atom. The van der Waals surface area contributed by atoms with Gasteiger partial charge < -0.3 is 9.84 Å². The average molecular weight is 248 g/mol. The van der Waals surface area contributed by atoms with Crippen LogP contribution in [0.3, 0.4) is 0 Å². The highest BCUT2D eigenvalue weighted by Crippen LogP contribution is 2.30. The summed E-state index contributed by atoms with van der Waals surface area (Å²) in [5, 5.41) is 10.2. The summed E-state index contributed by atoms with van der Waals surface area (Å²) < 4.78 is 5.80. The van der Waals surface area contributed by atoms with Crippen LogP contribution < -0.4 is 4.74 Å². The highest BCUT2D eigenvalue weighted by molar-refractivity contribution is 5.37. The van der Waals surface area contributed by atoms with E-state index in [9.17, 15) is 5.11 Å². The molecule has 0 fully saturated rings. The quantitative estimate of drug-likeness (QED) is 0.745. The van der Waals surface area contributed by atoms with Crippen LogP contribution in [-0.4, -0.2) is 17.3 Å². The molecule has 1 aliphatic rings. The van der Waals surface area contributed by atoms with Gasteiger partial charge in [0.15, 0.2) is 0 Å². The molecular formula is C16H24O2. The zero-order valence-corrected chi connectivity index (χ0v) is 11.3. The first-order valence-corrected chi connectivity index (χ1v) is 7.24. The third-order valence-corrected chi connectivity index (χ3v) is 3.70. The van der Waals surface area contributed by atoms with Gasteiger partial charge in [-0.3, -0.25) is 0 Å². The zero-order chi connectivity index (χ0) is 12.8. The van der Waals surface area contributed by atoms with E-state index >= 15 is 0 Å². The van der Waals surface area contributed by atoms with Crippen LogP contribution in [0.1, 0.15) is 51.0 Å². The number of benzene rings is 1. The predicted molar refractivity (Wildman–Crippen MR) is 73.9 cm³/mol. The van der Waals surface area contributed by atoms with Crippen molar-refractivity contribution in [3.05, 3.63) is 29.8 Å². The molecule has 0 spiro atoms. The average Bonchev–Trinajstić information content (AvgIpc) is 2.82. The predicted octanol–water partition coefficient (Wildman–Crippen LogP) is 3.71. The number of hydrogen-bond donors (Lipinski definition) is 1. The van der Waals surface area contributed by atoms with Crippen LogP contribution in [0.5, 0.6) is 5.75 Å². The molecule has 0 amide bonds. The second kappa shape index (κ2) is 6.79. The van der Waals surface area contributed by atoms with Gasteiger partial charge in [0.2, 0.25) is 0 Å². The van der Waals surface area contributed by atoms with Crippen LogP contribution in [-0.2, 0) is 6.42 Å². The van der Waals surface area contributed by atoms with Crippen molar-refractivity contribution in [2.75, 3.05) is 0 Å². The number of aliphatic hydroxyl groups excluding tert-OH is 1. The summed E-state index contributed by atoms with van der Waals surface area (Å²) in [6.07, 6.45) is 7.56. The van der Waals surface area contributed by atoms with E-state index in [1.165, 1.54) is 31.2 Å². The monoisotopic (exact) mass is 248 g/mol. The van der Waals surface area contributed by atoms with Gasteiger partial charge in [-0.1, -0.05) is 57.2 Å². The topological polar surface area (TPSA) is 29.5 Å². The van der Waals surface area contributed by atoms with Gasteiger partial charge in [-0.05, 0) is 18.1 Å². The van der Waals surface area contributed by atoms with E-state index in [0.29, 0.717) is 0 Å². The van der Waals surface area contributed by atoms with Crippen LogP contribution in [0.4, 0.5) is 0 Å². The van der Waals surface area contributed by atoms with Crippen molar-refractivity contribution in [2.45, 2.75) is 64.1 Å². The van der Waals surface area contributed by atoms with Gasteiger partial charge in [-0.25, -0.2) is 0 Å². The number of ether oxygens (including phenoxy) is 1. The molecule has 0 radical (unpaired) electrons. The van der Waals surface area contributed by atoms with Crippen molar-refractivity contribution < 1.29 is 9.84 Å². The second-order valence-electron chi connectivity index (χ2n) is 5.24. The zero-order valence-electron chi connectivity index (χ0n) is 11.3. The van der Waals surface area contributed by atoms with Gasteiger partial charge in [0.1, 0.15) is 11.9 Å². The van der Waals surface area contributed by atoms with Crippen LogP contribution in [0.25, 0.3) is 0 Å². The van der Waals surface area contributed by atoms with Crippen LogP contribution >= 0.6 is 0 Å². The van der Waals surface area contributed by atoms with E-state index in [2.05, 4.69) is 13.0 Å². The van der Waals surface area contributed by atoms with E-state index in [1.54, 1.807) is 0 Å². The molecule has 2 rings (SSSR count). The van der Waals surface area contributed by atoms with Crippen molar-refractivity contribution in [3.8, 4) is 5.75 Å². The highest BCUT2D eigenvalue weighted by Gasteiger charge is 2.28. The molecule has 0 saturated carbocycles. The van der Waals surface area contributed by atoms with Gasteiger partial charge >= 0.3 is 0 Å². The summed E-state index contributed by atoms with van der Waals surface area (Å²) in [6, 6.07) is 8.09. The molecular weight excluding hydrogens is 224 g/mol. The lowest BCUT2D eigenvalue weighted by Gasteiger charge is -2.17. The molecule has 0 aliphatic carbocycles. The molecule has 2 nitrogen and oxygen atoms in total. The Balaban J connectivity index is 1.70. The fourth-order valence-electron chi connectivity index (χ4n) is 2.57. The SMILES string of the molecule is CCCCCCCC(O)C1Cc2ccccc2O1. The molecule has 2 atom stereocenters. The third-order valence-electron chi connectivity index (χ3n) is 3.70. The smallest absolute Gasteiger partial charge is 0.129 e. The maximum absolute atomic E-state index is 10.2. The van der Waals surface area contributed by atoms with Crippen molar-refractivity contribution in [3.63, 3.8) is 0 Å². The molecule has 18 heavy (non-hydrogen) atoms. The minimum absolute atomic E-state index is 0.0337. The molecule has 0 bridgehead atoms. The molecule has 0 aromatic heterocycles. The van der Waals surface area contributed by atoms with Crippen LogP contribution in [0, 0.1) is 0 Å². The first kappa shape index (κ1) is 13.4. The normalized spacial score (nSPS) is 19.3. The van der Waals surface area contributed by atoms with E-state index in [4.69, 9.17) is 4.74 Å². The molecule has 2 unspecified atom stereocenters. The number of unbranched alkanes of at least 4 members (excludes halogenated alkanes) is 4. The lowest BCUT2D eigenvalue weighted by Crippen LogP contribution is -2.30. The van der Waals surface area contributed by atoms with Gasteiger partial charge in [0.05, 0.1) is 6.10 Å². The molecule has 100 valence electrons. The van der Waals surface area contributed by atoms with Gasteiger partial charge in [0, 0.05) is 6.42 Å². The molecule has 1 aromatic carbocycles. The standard InChI is InChI=1S/C16H24O2/c1-2-3-4-5-6-10-14(17)16-12-13-9-7-8-11-15(13)18-16/h7-9,11,14,16-17H,2-6,10,12H2,1H3. The molecule has 0 saturated heterocycles. The van der Waals surface area contributed by atoms with Crippen LogP contribution in [0.2, 0.25) is 0 Å². The van der Waals surface area contributed by atoms with Crippen LogP contribution in [0.15, 0.2) is 24.3 Å². The highest BCUT2D eigenvalue weighted by atomic mass is 16.5. The van der Waals surface area contributed by atoms with E-state index in [0.717, 1.165) is 25.0 Å². The molecule has 1 aromatic rings. The maximum atomic E-state index is 10.2. The van der Waals surface area contributed by atoms with E-state index in [-0.39, 0.29) is 12.2 Å². The number of fused-ring (bicyclic) bond motifs is 1. The van der Waals surface area contributed by atoms with Gasteiger partial charge in [-0.15, -0.1) is 0 Å². The Morgan fingerprint density at radius 3 is 2.78 bits per heavy atom. The summed E-state index contributed by atoms with van der Waals surface area (Å²) in [7, 11) is 0. The lowest BCUT2D eigenvalue weighted by atomic mass is 10.0. The summed E-state index contributed by atoms with van der Waals surface area (Å²) in [4.78, 5) is 0. The summed E-state index contributed by atoms with van der Waals surface area (Å²) >= 11 is 0. The Labute approximate surface area is 110 Å². The first-order chi connectivity index (χ1) is 8.81. The molecule has 1 heterocycles. The van der Waals surface area contributed by atoms with Crippen molar-refractivity contribution >= 4 is 0 Å². The Hall–Kier alpha value is -1.02. The Morgan fingerprint density at radius 1 is 1.22 bits per heavy atom. The molecule has 1 N–H and O–H groups in total. The second-order valence-corrected chi connectivity index (χ2v) is 5.24. The number of aliphatic hydroxyl groups is 1. The first-order valence-electron chi connectivity index (χ1n) is 7.24. The fourth-order valence-corrected chi connectivity index (χ4v) is 2.57.